The van der Waals surface area contributed by atoms with Crippen molar-refractivity contribution in [2.75, 3.05) is 0 Å². The molecule has 0 heterocycles. The molecule has 90 valence electrons. The Bertz CT molecular complexity index is 294. The second-order valence-electron chi connectivity index (χ2n) is 7.43. The quantitative estimate of drug-likeness (QED) is 0.614. The van der Waals surface area contributed by atoms with Crippen LogP contribution in [0.1, 0.15) is 52.4 Å². The van der Waals surface area contributed by atoms with Crippen LogP contribution < -0.4 is 0 Å². The Morgan fingerprint density at radius 3 is 2.50 bits per heavy atom. The van der Waals surface area contributed by atoms with Crippen LogP contribution in [0, 0.1) is 47.3 Å². The molecular formula is C16H26. The second kappa shape index (κ2) is 3.27. The first-order valence-electron chi connectivity index (χ1n) is 7.79. The van der Waals surface area contributed by atoms with Gasteiger partial charge in [0.25, 0.3) is 0 Å². The molecule has 0 nitrogen and oxygen atoms in total. The minimum absolute atomic E-state index is 1.06. The summed E-state index contributed by atoms with van der Waals surface area (Å²) in [5.41, 5.74) is 0. The van der Waals surface area contributed by atoms with Crippen LogP contribution in [0.25, 0.3) is 0 Å². The molecule has 0 aliphatic heterocycles. The van der Waals surface area contributed by atoms with Crippen LogP contribution in [-0.2, 0) is 0 Å². The highest BCUT2D eigenvalue weighted by Crippen LogP contribution is 2.67. The summed E-state index contributed by atoms with van der Waals surface area (Å²) >= 11 is 0. The zero-order chi connectivity index (χ0) is 10.9. The molecular weight excluding hydrogens is 192 g/mol. The third-order valence-electron chi connectivity index (χ3n) is 7.10. The van der Waals surface area contributed by atoms with Crippen LogP contribution in [0.3, 0.4) is 0 Å². The summed E-state index contributed by atoms with van der Waals surface area (Å²) in [7, 11) is 0. The summed E-state index contributed by atoms with van der Waals surface area (Å²) < 4.78 is 0. The molecule has 2 bridgehead atoms. The monoisotopic (exact) mass is 218 g/mol. The molecule has 4 fully saturated rings. The Hall–Kier alpha value is 0. The average molecular weight is 218 g/mol. The Labute approximate surface area is 100 Å². The van der Waals surface area contributed by atoms with Crippen molar-refractivity contribution in [3.8, 4) is 0 Å². The fourth-order valence-corrected chi connectivity index (χ4v) is 6.75. The van der Waals surface area contributed by atoms with E-state index in [0.29, 0.717) is 0 Å². The molecule has 0 aromatic rings. The lowest BCUT2D eigenvalue weighted by Crippen LogP contribution is -2.25. The minimum Gasteiger partial charge on any atom is -0.0651 e. The first-order valence-corrected chi connectivity index (χ1v) is 7.79. The van der Waals surface area contributed by atoms with E-state index in [4.69, 9.17) is 0 Å². The van der Waals surface area contributed by atoms with E-state index in [1.54, 1.807) is 32.1 Å². The number of rotatable bonds is 1. The average Bonchev–Trinajstić information content (AvgIpc) is 2.95. The molecule has 8 unspecified atom stereocenters. The highest BCUT2D eigenvalue weighted by molar-refractivity contribution is 5.09. The Morgan fingerprint density at radius 2 is 1.69 bits per heavy atom. The lowest BCUT2D eigenvalue weighted by molar-refractivity contribution is 0.176. The Kier molecular flexibility index (Phi) is 2.04. The topological polar surface area (TPSA) is 0 Å². The molecule has 0 radical (unpaired) electrons. The van der Waals surface area contributed by atoms with Gasteiger partial charge in [0, 0.05) is 0 Å². The molecule has 0 aromatic carbocycles. The molecule has 0 spiro atoms. The molecule has 0 saturated heterocycles. The fraction of sp³-hybridized carbons (Fsp3) is 1.00. The first kappa shape index (κ1) is 9.97. The highest BCUT2D eigenvalue weighted by Gasteiger charge is 2.60. The van der Waals surface area contributed by atoms with Crippen molar-refractivity contribution < 1.29 is 0 Å². The van der Waals surface area contributed by atoms with Crippen LogP contribution in [0.4, 0.5) is 0 Å². The summed E-state index contributed by atoms with van der Waals surface area (Å²) in [5, 5.41) is 0. The van der Waals surface area contributed by atoms with Gasteiger partial charge in [0.15, 0.2) is 0 Å². The molecule has 4 aliphatic carbocycles. The van der Waals surface area contributed by atoms with Crippen molar-refractivity contribution in [3.63, 3.8) is 0 Å². The maximum Gasteiger partial charge on any atom is -0.0321 e. The predicted molar refractivity (Wildman–Crippen MR) is 67.0 cm³/mol. The SMILES string of the molecule is CCC1CC(C)C2C1CC1C3CCC(C3)C12. The minimum atomic E-state index is 1.06. The molecule has 4 rings (SSSR count). The van der Waals surface area contributed by atoms with Crippen molar-refractivity contribution in [1.29, 1.82) is 0 Å². The summed E-state index contributed by atoms with van der Waals surface area (Å²) in [6.07, 6.45) is 9.48. The van der Waals surface area contributed by atoms with Crippen molar-refractivity contribution in [2.24, 2.45) is 47.3 Å². The van der Waals surface area contributed by atoms with Gasteiger partial charge < -0.3 is 0 Å². The van der Waals surface area contributed by atoms with Crippen LogP contribution in [0.5, 0.6) is 0 Å². The van der Waals surface area contributed by atoms with E-state index in [9.17, 15) is 0 Å². The standard InChI is InChI=1S/C16H26/c1-3-10-6-9(2)15-13(10)8-14-11-4-5-12(7-11)16(14)15/h9-16H,3-8H2,1-2H3. The van der Waals surface area contributed by atoms with Crippen LogP contribution >= 0.6 is 0 Å². The number of hydrogen-bond acceptors (Lipinski definition) is 0. The van der Waals surface area contributed by atoms with Crippen LogP contribution in [0.2, 0.25) is 0 Å². The smallest absolute Gasteiger partial charge is 0.0321 e. The first-order chi connectivity index (χ1) is 7.79. The van der Waals surface area contributed by atoms with Crippen molar-refractivity contribution in [3.05, 3.63) is 0 Å². The van der Waals surface area contributed by atoms with E-state index < -0.39 is 0 Å². The number of hydrogen-bond donors (Lipinski definition) is 0. The van der Waals surface area contributed by atoms with E-state index in [0.717, 1.165) is 23.7 Å². The van der Waals surface area contributed by atoms with Gasteiger partial charge in [-0.1, -0.05) is 20.3 Å². The molecule has 0 heteroatoms. The second-order valence-corrected chi connectivity index (χ2v) is 7.43. The van der Waals surface area contributed by atoms with E-state index in [2.05, 4.69) is 13.8 Å². The summed E-state index contributed by atoms with van der Waals surface area (Å²) in [4.78, 5) is 0. The Balaban J connectivity index is 1.66. The van der Waals surface area contributed by atoms with Crippen molar-refractivity contribution >= 4 is 0 Å². The fourth-order valence-electron chi connectivity index (χ4n) is 6.75. The van der Waals surface area contributed by atoms with E-state index in [1.165, 1.54) is 30.1 Å². The van der Waals surface area contributed by atoms with Gasteiger partial charge in [-0.05, 0) is 79.4 Å². The third-order valence-corrected chi connectivity index (χ3v) is 7.10. The van der Waals surface area contributed by atoms with Gasteiger partial charge >= 0.3 is 0 Å². The highest BCUT2D eigenvalue weighted by atomic mass is 14.7. The Morgan fingerprint density at radius 1 is 0.875 bits per heavy atom. The van der Waals surface area contributed by atoms with Gasteiger partial charge in [-0.2, -0.15) is 0 Å². The van der Waals surface area contributed by atoms with Gasteiger partial charge in [-0.15, -0.1) is 0 Å². The van der Waals surface area contributed by atoms with Crippen LogP contribution in [-0.4, -0.2) is 0 Å². The summed E-state index contributed by atoms with van der Waals surface area (Å²) in [6.45, 7) is 5.00. The molecule has 0 aromatic heterocycles. The molecule has 4 saturated carbocycles. The predicted octanol–water partition coefficient (Wildman–Crippen LogP) is 4.35. The zero-order valence-electron chi connectivity index (χ0n) is 10.9. The molecule has 16 heavy (non-hydrogen) atoms. The van der Waals surface area contributed by atoms with Gasteiger partial charge in [0.2, 0.25) is 0 Å². The van der Waals surface area contributed by atoms with Crippen molar-refractivity contribution in [1.82, 2.24) is 0 Å². The maximum atomic E-state index is 2.57. The normalized spacial score (nSPS) is 62.6. The number of fused-ring (bicyclic) bond motifs is 7. The summed E-state index contributed by atoms with van der Waals surface area (Å²) in [5.74, 6) is 9.19. The summed E-state index contributed by atoms with van der Waals surface area (Å²) in [6, 6.07) is 0. The van der Waals surface area contributed by atoms with Gasteiger partial charge in [0.1, 0.15) is 0 Å². The van der Waals surface area contributed by atoms with E-state index in [1.807, 2.05) is 0 Å². The lowest BCUT2D eigenvalue weighted by atomic mass is 9.74. The van der Waals surface area contributed by atoms with E-state index >= 15 is 0 Å². The van der Waals surface area contributed by atoms with Gasteiger partial charge in [-0.3, -0.25) is 0 Å². The maximum absolute atomic E-state index is 2.57. The van der Waals surface area contributed by atoms with Gasteiger partial charge in [0.05, 0.1) is 0 Å². The van der Waals surface area contributed by atoms with Crippen molar-refractivity contribution in [2.45, 2.75) is 52.4 Å². The largest absolute Gasteiger partial charge is 0.0651 e. The van der Waals surface area contributed by atoms with Crippen LogP contribution in [0.15, 0.2) is 0 Å². The third kappa shape index (κ3) is 1.07. The van der Waals surface area contributed by atoms with Gasteiger partial charge in [-0.25, -0.2) is 0 Å². The van der Waals surface area contributed by atoms with E-state index in [-0.39, 0.29) is 0 Å². The molecule has 8 atom stereocenters. The lowest BCUT2D eigenvalue weighted by Gasteiger charge is -2.30. The molecule has 0 amide bonds. The molecule has 4 aliphatic rings. The zero-order valence-corrected chi connectivity index (χ0v) is 10.9. The molecule has 0 N–H and O–H groups in total.